The van der Waals surface area contributed by atoms with E-state index >= 15 is 0 Å². The third-order valence-electron chi connectivity index (χ3n) is 4.09. The minimum Gasteiger partial charge on any atom is -0.403 e. The van der Waals surface area contributed by atoms with E-state index in [0.717, 1.165) is 6.42 Å². The topological polar surface area (TPSA) is 9.23 Å². The molecule has 0 aliphatic heterocycles. The summed E-state index contributed by atoms with van der Waals surface area (Å²) in [6, 6.07) is 0. The monoisotopic (exact) mass is 322 g/mol. The average molecular weight is 323 g/mol. The first kappa shape index (κ1) is 20.5. The molecule has 0 saturated carbocycles. The Hall–Kier alpha value is -0.486. The van der Waals surface area contributed by atoms with Gasteiger partial charge in [0.1, 0.15) is 14.2 Å². The smallest absolute Gasteiger partial charge is 0.193 e. The maximum Gasteiger partial charge on any atom is 0.193 e. The van der Waals surface area contributed by atoms with Crippen molar-refractivity contribution in [3.8, 4) is 23.8 Å². The van der Waals surface area contributed by atoms with Gasteiger partial charge in [0, 0.05) is 11.8 Å². The molecule has 0 fully saturated rings. The van der Waals surface area contributed by atoms with Crippen LogP contribution in [0.5, 0.6) is 0 Å². The van der Waals surface area contributed by atoms with Crippen molar-refractivity contribution in [2.75, 3.05) is 0 Å². The average Bonchev–Trinajstić information content (AvgIpc) is 2.21. The van der Waals surface area contributed by atoms with E-state index in [1.54, 1.807) is 0 Å². The van der Waals surface area contributed by atoms with E-state index < -0.39 is 16.4 Å². The van der Waals surface area contributed by atoms with Crippen molar-refractivity contribution < 1.29 is 4.43 Å². The van der Waals surface area contributed by atoms with Gasteiger partial charge in [-0.3, -0.25) is 0 Å². The fourth-order valence-electron chi connectivity index (χ4n) is 1.52. The number of terminal acetylenes is 1. The fourth-order valence-corrected chi connectivity index (χ4v) is 3.47. The third kappa shape index (κ3) is 6.87. The van der Waals surface area contributed by atoms with Crippen LogP contribution in [-0.4, -0.2) is 22.5 Å². The van der Waals surface area contributed by atoms with Gasteiger partial charge >= 0.3 is 0 Å². The van der Waals surface area contributed by atoms with Crippen molar-refractivity contribution in [3.05, 3.63) is 0 Å². The summed E-state index contributed by atoms with van der Waals surface area (Å²) in [5.41, 5.74) is 3.31. The van der Waals surface area contributed by atoms with Crippen LogP contribution >= 0.6 is 0 Å². The SMILES string of the molecule is C#CC(O[Si](C)(C)C(C)(C)C)C(C)(C)CC#C[Si](C)(C)C. The van der Waals surface area contributed by atoms with E-state index in [9.17, 15) is 0 Å². The van der Waals surface area contributed by atoms with Gasteiger partial charge in [0.25, 0.3) is 0 Å². The maximum atomic E-state index is 6.45. The summed E-state index contributed by atoms with van der Waals surface area (Å²) in [5, 5.41) is 0.169. The molecule has 1 unspecified atom stereocenters. The van der Waals surface area contributed by atoms with Gasteiger partial charge in [0.15, 0.2) is 8.32 Å². The second-order valence-corrected chi connectivity index (χ2v) is 18.6. The number of hydrogen-bond acceptors (Lipinski definition) is 1. The third-order valence-corrected chi connectivity index (χ3v) is 9.45. The molecule has 0 heterocycles. The second kappa shape index (κ2) is 6.73. The van der Waals surface area contributed by atoms with E-state index in [0.29, 0.717) is 0 Å². The normalized spacial score (nSPS) is 14.9. The quantitative estimate of drug-likeness (QED) is 0.503. The highest BCUT2D eigenvalue weighted by Crippen LogP contribution is 2.40. The van der Waals surface area contributed by atoms with Crippen molar-refractivity contribution in [3.63, 3.8) is 0 Å². The molecule has 0 bridgehead atoms. The van der Waals surface area contributed by atoms with Crippen LogP contribution in [0.25, 0.3) is 0 Å². The lowest BCUT2D eigenvalue weighted by atomic mass is 9.84. The highest BCUT2D eigenvalue weighted by atomic mass is 28.4. The van der Waals surface area contributed by atoms with Crippen molar-refractivity contribution in [1.29, 1.82) is 0 Å². The van der Waals surface area contributed by atoms with Gasteiger partial charge in [-0.25, -0.2) is 0 Å². The van der Waals surface area contributed by atoms with E-state index in [4.69, 9.17) is 10.8 Å². The molecule has 0 aliphatic rings. The predicted molar refractivity (Wildman–Crippen MR) is 100 cm³/mol. The minimum atomic E-state index is -1.86. The molecule has 1 atom stereocenters. The Morgan fingerprint density at radius 2 is 1.48 bits per heavy atom. The Morgan fingerprint density at radius 1 is 1.00 bits per heavy atom. The lowest BCUT2D eigenvalue weighted by molar-refractivity contribution is 0.111. The molecule has 120 valence electrons. The standard InChI is InChI=1S/C18H34OSi2/c1-12-16(19-21(10,11)17(2,3)4)18(5,6)14-13-15-20(7,8)9/h1,16H,14H2,2-11H3. The molecule has 1 nitrogen and oxygen atoms in total. The predicted octanol–water partition coefficient (Wildman–Crippen LogP) is 5.31. The van der Waals surface area contributed by atoms with Gasteiger partial charge in [0.2, 0.25) is 0 Å². The summed E-state index contributed by atoms with van der Waals surface area (Å²) in [6.07, 6.45) is 6.40. The lowest BCUT2D eigenvalue weighted by Gasteiger charge is -2.42. The zero-order valence-corrected chi connectivity index (χ0v) is 17.8. The Kier molecular flexibility index (Phi) is 6.58. The van der Waals surface area contributed by atoms with Crippen LogP contribution < -0.4 is 0 Å². The Labute approximate surface area is 135 Å². The van der Waals surface area contributed by atoms with Crippen molar-refractivity contribution in [2.45, 2.75) is 84.9 Å². The van der Waals surface area contributed by atoms with Gasteiger partial charge in [-0.05, 0) is 18.1 Å². The van der Waals surface area contributed by atoms with Crippen molar-refractivity contribution in [2.24, 2.45) is 5.41 Å². The molecule has 21 heavy (non-hydrogen) atoms. The molecule has 3 heteroatoms. The molecule has 0 aromatic rings. The first-order valence-electron chi connectivity index (χ1n) is 7.76. The molecule has 0 saturated heterocycles. The van der Waals surface area contributed by atoms with Crippen LogP contribution in [-0.2, 0) is 4.43 Å². The molecule has 0 aromatic carbocycles. The Morgan fingerprint density at radius 3 is 1.81 bits per heavy atom. The van der Waals surface area contributed by atoms with Crippen LogP contribution in [0.3, 0.4) is 0 Å². The van der Waals surface area contributed by atoms with Gasteiger partial charge in [-0.1, -0.05) is 60.2 Å². The van der Waals surface area contributed by atoms with E-state index in [1.807, 2.05) is 0 Å². The highest BCUT2D eigenvalue weighted by Gasteiger charge is 2.42. The Balaban J connectivity index is 5.10. The van der Waals surface area contributed by atoms with E-state index in [1.165, 1.54) is 0 Å². The van der Waals surface area contributed by atoms with Gasteiger partial charge in [-0.2, -0.15) is 0 Å². The van der Waals surface area contributed by atoms with Crippen LogP contribution in [0.2, 0.25) is 37.8 Å². The fraction of sp³-hybridized carbons (Fsp3) is 0.778. The molecular weight excluding hydrogens is 288 g/mol. The number of hydrogen-bond donors (Lipinski definition) is 0. The zero-order valence-electron chi connectivity index (χ0n) is 15.8. The van der Waals surface area contributed by atoms with Gasteiger partial charge in [0.05, 0.1) is 0 Å². The van der Waals surface area contributed by atoms with Crippen molar-refractivity contribution >= 4 is 16.4 Å². The maximum absolute atomic E-state index is 6.45. The summed E-state index contributed by atoms with van der Waals surface area (Å²) in [4.78, 5) is 0. The van der Waals surface area contributed by atoms with Crippen LogP contribution in [0.1, 0.15) is 41.0 Å². The summed E-state index contributed by atoms with van der Waals surface area (Å²) < 4.78 is 6.45. The minimum absolute atomic E-state index is 0.114. The van der Waals surface area contributed by atoms with Crippen molar-refractivity contribution in [1.82, 2.24) is 0 Å². The molecule has 0 aliphatic carbocycles. The summed E-state index contributed by atoms with van der Waals surface area (Å²) in [7, 11) is -3.18. The summed E-state index contributed by atoms with van der Waals surface area (Å²) >= 11 is 0. The lowest BCUT2D eigenvalue weighted by Crippen LogP contribution is -2.47. The largest absolute Gasteiger partial charge is 0.403 e. The molecule has 0 amide bonds. The first-order chi connectivity index (χ1) is 9.12. The Bertz CT molecular complexity index is 445. The van der Waals surface area contributed by atoms with Gasteiger partial charge in [-0.15, -0.1) is 17.9 Å². The van der Waals surface area contributed by atoms with E-state index in [-0.39, 0.29) is 16.6 Å². The molecule has 0 rings (SSSR count). The second-order valence-electron chi connectivity index (χ2n) is 9.14. The molecule has 0 radical (unpaired) electrons. The number of rotatable bonds is 4. The van der Waals surface area contributed by atoms with Crippen LogP contribution in [0.15, 0.2) is 0 Å². The molecule has 0 N–H and O–H groups in total. The van der Waals surface area contributed by atoms with Crippen LogP contribution in [0, 0.1) is 29.2 Å². The zero-order chi connectivity index (χ0) is 17.1. The summed E-state index contributed by atoms with van der Waals surface area (Å²) in [6.45, 7) is 22.4. The highest BCUT2D eigenvalue weighted by molar-refractivity contribution is 6.83. The van der Waals surface area contributed by atoms with Crippen LogP contribution in [0.4, 0.5) is 0 Å². The van der Waals surface area contributed by atoms with E-state index in [2.05, 4.69) is 84.7 Å². The summed E-state index contributed by atoms with van der Waals surface area (Å²) in [5.74, 6) is 6.23. The molecular formula is C18H34OSi2. The first-order valence-corrected chi connectivity index (χ1v) is 14.2. The molecule has 0 spiro atoms. The molecule has 0 aromatic heterocycles. The van der Waals surface area contributed by atoms with Gasteiger partial charge < -0.3 is 4.43 Å².